The first-order valence-electron chi connectivity index (χ1n) is 6.93. The van der Waals surface area contributed by atoms with Crippen molar-refractivity contribution in [2.24, 2.45) is 0 Å². The van der Waals surface area contributed by atoms with E-state index in [4.69, 9.17) is 0 Å². The first-order chi connectivity index (χ1) is 10.6. The van der Waals surface area contributed by atoms with Crippen LogP contribution >= 0.6 is 11.3 Å². The molecule has 0 aliphatic heterocycles. The van der Waals surface area contributed by atoms with Crippen molar-refractivity contribution in [3.05, 3.63) is 40.9 Å². The van der Waals surface area contributed by atoms with Crippen molar-refractivity contribution >= 4 is 34.0 Å². The topological polar surface area (TPSA) is 83.1 Å². The van der Waals surface area contributed by atoms with Gasteiger partial charge >= 0.3 is 0 Å². The first-order valence-corrected chi connectivity index (χ1v) is 7.81. The van der Waals surface area contributed by atoms with Gasteiger partial charge in [0.05, 0.1) is 6.54 Å². The van der Waals surface area contributed by atoms with Gasteiger partial charge in [-0.25, -0.2) is 4.98 Å². The fourth-order valence-electron chi connectivity index (χ4n) is 1.89. The van der Waals surface area contributed by atoms with E-state index in [-0.39, 0.29) is 18.4 Å². The predicted molar refractivity (Wildman–Crippen MR) is 88.4 cm³/mol. The second-order valence-corrected chi connectivity index (χ2v) is 5.39. The molecule has 0 fully saturated rings. The zero-order valence-electron chi connectivity index (χ0n) is 12.5. The number of carbonyl (C=O) groups excluding carboxylic acids is 2. The van der Waals surface area contributed by atoms with E-state index in [0.717, 1.165) is 17.7 Å². The fourth-order valence-corrected chi connectivity index (χ4v) is 2.54. The Kier molecular flexibility index (Phi) is 5.48. The number of benzene rings is 1. The predicted octanol–water partition coefficient (Wildman–Crippen LogP) is 2.12. The third-order valence-corrected chi connectivity index (χ3v) is 3.89. The van der Waals surface area contributed by atoms with E-state index in [2.05, 4.69) is 20.9 Å². The minimum Gasteiger partial charge on any atom is -0.365 e. The smallest absolute Gasteiger partial charge is 0.271 e. The Morgan fingerprint density at radius 3 is 2.73 bits per heavy atom. The van der Waals surface area contributed by atoms with E-state index in [9.17, 15) is 9.59 Å². The van der Waals surface area contributed by atoms with E-state index >= 15 is 0 Å². The average molecular weight is 318 g/mol. The normalized spacial score (nSPS) is 10.1. The van der Waals surface area contributed by atoms with Gasteiger partial charge in [-0.3, -0.25) is 9.59 Å². The van der Waals surface area contributed by atoms with Gasteiger partial charge in [-0.15, -0.1) is 11.3 Å². The molecule has 0 aliphatic carbocycles. The largest absolute Gasteiger partial charge is 0.365 e. The molecular formula is C15H18N4O2S. The maximum Gasteiger partial charge on any atom is 0.271 e. The summed E-state index contributed by atoms with van der Waals surface area (Å²) in [4.78, 5) is 27.9. The van der Waals surface area contributed by atoms with Crippen LogP contribution in [0.25, 0.3) is 0 Å². The zero-order chi connectivity index (χ0) is 15.9. The van der Waals surface area contributed by atoms with Crippen LogP contribution in [0.2, 0.25) is 0 Å². The van der Waals surface area contributed by atoms with Crippen LogP contribution in [-0.4, -0.2) is 30.4 Å². The standard InChI is InChI=1S/C15H18N4O2S/c1-3-10-6-4-5-7-11(10)18-13(20)8-17-14(21)12-9-22-15(16-2)19-12/h4-7,9H,3,8H2,1-2H3,(H,16,19)(H,17,21)(H,18,20). The summed E-state index contributed by atoms with van der Waals surface area (Å²) < 4.78 is 0. The van der Waals surface area contributed by atoms with Crippen molar-refractivity contribution < 1.29 is 9.59 Å². The molecular weight excluding hydrogens is 300 g/mol. The Bertz CT molecular complexity index is 669. The molecule has 0 saturated heterocycles. The number of hydrogen-bond donors (Lipinski definition) is 3. The maximum atomic E-state index is 11.9. The van der Waals surface area contributed by atoms with Crippen LogP contribution in [0.5, 0.6) is 0 Å². The second kappa shape index (κ2) is 7.56. The van der Waals surface area contributed by atoms with Gasteiger partial charge in [-0.1, -0.05) is 25.1 Å². The molecule has 116 valence electrons. The molecule has 0 spiro atoms. The molecule has 2 amide bonds. The Hall–Kier alpha value is -2.41. The van der Waals surface area contributed by atoms with Crippen LogP contribution < -0.4 is 16.0 Å². The Balaban J connectivity index is 1.88. The summed E-state index contributed by atoms with van der Waals surface area (Å²) in [5, 5.41) is 10.5. The second-order valence-electron chi connectivity index (χ2n) is 4.53. The average Bonchev–Trinajstić information content (AvgIpc) is 3.02. The van der Waals surface area contributed by atoms with E-state index in [1.165, 1.54) is 11.3 Å². The van der Waals surface area contributed by atoms with Gasteiger partial charge in [0, 0.05) is 18.1 Å². The molecule has 0 aliphatic rings. The van der Waals surface area contributed by atoms with Crippen LogP contribution in [0.4, 0.5) is 10.8 Å². The lowest BCUT2D eigenvalue weighted by atomic mass is 10.1. The number of thiazole rings is 1. The summed E-state index contributed by atoms with van der Waals surface area (Å²) in [6.45, 7) is 1.93. The molecule has 7 heteroatoms. The van der Waals surface area contributed by atoms with Crippen LogP contribution in [0, 0.1) is 0 Å². The lowest BCUT2D eigenvalue weighted by Crippen LogP contribution is -2.33. The highest BCUT2D eigenvalue weighted by Gasteiger charge is 2.12. The minimum absolute atomic E-state index is 0.0940. The molecule has 1 aromatic carbocycles. The SMILES string of the molecule is CCc1ccccc1NC(=O)CNC(=O)c1csc(NC)n1. The molecule has 1 heterocycles. The number of carbonyl (C=O) groups is 2. The van der Waals surface area contributed by atoms with Crippen molar-refractivity contribution in [3.8, 4) is 0 Å². The number of hydrogen-bond acceptors (Lipinski definition) is 5. The van der Waals surface area contributed by atoms with Crippen LogP contribution in [-0.2, 0) is 11.2 Å². The third kappa shape index (κ3) is 4.05. The van der Waals surface area contributed by atoms with Gasteiger partial charge in [0.2, 0.25) is 5.91 Å². The molecule has 3 N–H and O–H groups in total. The van der Waals surface area contributed by atoms with Crippen molar-refractivity contribution in [2.45, 2.75) is 13.3 Å². The fraction of sp³-hybridized carbons (Fsp3) is 0.267. The number of nitrogens with one attached hydrogen (secondary N) is 3. The van der Waals surface area contributed by atoms with Crippen LogP contribution in [0.1, 0.15) is 23.0 Å². The number of aromatic nitrogens is 1. The molecule has 22 heavy (non-hydrogen) atoms. The monoisotopic (exact) mass is 318 g/mol. The Morgan fingerprint density at radius 1 is 1.27 bits per heavy atom. The number of anilines is 2. The highest BCUT2D eigenvalue weighted by atomic mass is 32.1. The van der Waals surface area contributed by atoms with E-state index in [0.29, 0.717) is 10.8 Å². The molecule has 0 atom stereocenters. The Morgan fingerprint density at radius 2 is 2.05 bits per heavy atom. The van der Waals surface area contributed by atoms with Crippen LogP contribution in [0.15, 0.2) is 29.6 Å². The lowest BCUT2D eigenvalue weighted by Gasteiger charge is -2.09. The quantitative estimate of drug-likeness (QED) is 0.762. The van der Waals surface area contributed by atoms with Gasteiger partial charge in [-0.05, 0) is 18.1 Å². The molecule has 6 nitrogen and oxygen atoms in total. The number of rotatable bonds is 6. The third-order valence-electron chi connectivity index (χ3n) is 3.03. The minimum atomic E-state index is -0.364. The number of amides is 2. The summed E-state index contributed by atoms with van der Waals surface area (Å²) in [7, 11) is 1.74. The molecule has 2 aromatic rings. The highest BCUT2D eigenvalue weighted by Crippen LogP contribution is 2.15. The summed E-state index contributed by atoms with van der Waals surface area (Å²) >= 11 is 1.34. The van der Waals surface area contributed by atoms with Crippen molar-refractivity contribution in [1.82, 2.24) is 10.3 Å². The van der Waals surface area contributed by atoms with Gasteiger partial charge in [0.25, 0.3) is 5.91 Å². The zero-order valence-corrected chi connectivity index (χ0v) is 13.3. The molecule has 0 unspecified atom stereocenters. The first kappa shape index (κ1) is 16.0. The number of para-hydroxylation sites is 1. The van der Waals surface area contributed by atoms with Crippen molar-refractivity contribution in [3.63, 3.8) is 0 Å². The summed E-state index contributed by atoms with van der Waals surface area (Å²) in [6, 6.07) is 7.60. The van der Waals surface area contributed by atoms with Gasteiger partial charge in [0.15, 0.2) is 5.13 Å². The molecule has 2 rings (SSSR count). The molecule has 0 radical (unpaired) electrons. The Labute approximate surface area is 133 Å². The van der Waals surface area contributed by atoms with E-state index in [1.807, 2.05) is 31.2 Å². The summed E-state index contributed by atoms with van der Waals surface area (Å²) in [6.07, 6.45) is 0.828. The van der Waals surface area contributed by atoms with E-state index < -0.39 is 0 Å². The number of aryl methyl sites for hydroxylation is 1. The summed E-state index contributed by atoms with van der Waals surface area (Å²) in [5.74, 6) is -0.630. The van der Waals surface area contributed by atoms with Crippen LogP contribution in [0.3, 0.4) is 0 Å². The molecule has 0 saturated carbocycles. The van der Waals surface area contributed by atoms with Gasteiger partial charge in [0.1, 0.15) is 5.69 Å². The van der Waals surface area contributed by atoms with E-state index in [1.54, 1.807) is 12.4 Å². The van der Waals surface area contributed by atoms with Crippen molar-refractivity contribution in [1.29, 1.82) is 0 Å². The number of nitrogens with zero attached hydrogens (tertiary/aromatic N) is 1. The van der Waals surface area contributed by atoms with Gasteiger partial charge in [-0.2, -0.15) is 0 Å². The molecule has 1 aromatic heterocycles. The highest BCUT2D eigenvalue weighted by molar-refractivity contribution is 7.13. The lowest BCUT2D eigenvalue weighted by molar-refractivity contribution is -0.115. The van der Waals surface area contributed by atoms with Crippen molar-refractivity contribution in [2.75, 3.05) is 24.2 Å². The maximum absolute atomic E-state index is 11.9. The van der Waals surface area contributed by atoms with Gasteiger partial charge < -0.3 is 16.0 Å². The summed E-state index contributed by atoms with van der Waals surface area (Å²) in [5.41, 5.74) is 2.13. The molecule has 0 bridgehead atoms.